The van der Waals surface area contributed by atoms with Crippen molar-refractivity contribution in [2.24, 2.45) is 5.16 Å². The normalized spacial score (nSPS) is 14.4. The van der Waals surface area contributed by atoms with Crippen LogP contribution in [0.5, 0.6) is 0 Å². The van der Waals surface area contributed by atoms with E-state index in [0.717, 1.165) is 29.1 Å². The minimum atomic E-state index is 0.503. The Bertz CT molecular complexity index is 898. The van der Waals surface area contributed by atoms with E-state index in [0.29, 0.717) is 23.8 Å². The summed E-state index contributed by atoms with van der Waals surface area (Å²) in [6.45, 7) is 4.41. The van der Waals surface area contributed by atoms with Crippen LogP contribution in [-0.2, 0) is 11.3 Å². The maximum absolute atomic E-state index is 5.26. The Kier molecular flexibility index (Phi) is 2.85. The monoisotopic (exact) mass is 294 g/mol. The second-order valence-corrected chi connectivity index (χ2v) is 4.89. The van der Waals surface area contributed by atoms with Gasteiger partial charge in [-0.1, -0.05) is 36.3 Å². The second-order valence-electron chi connectivity index (χ2n) is 4.89. The van der Waals surface area contributed by atoms with Gasteiger partial charge in [0.1, 0.15) is 23.7 Å². The SMILES string of the molecule is CCON=C1c2ccccc2-c2nc3nnc(CC)n3nc21. The van der Waals surface area contributed by atoms with E-state index in [9.17, 15) is 0 Å². The standard InChI is InChI=1S/C15H14N6O/c1-3-11-17-18-15-16-12-9-7-5-6-8-10(9)13(20-22-4-2)14(12)19-21(11)15/h5-8H,3-4H2,1-2H3. The highest BCUT2D eigenvalue weighted by atomic mass is 16.6. The highest BCUT2D eigenvalue weighted by Crippen LogP contribution is 2.34. The summed E-state index contributed by atoms with van der Waals surface area (Å²) in [7, 11) is 0. The van der Waals surface area contributed by atoms with Crippen molar-refractivity contribution in [2.45, 2.75) is 20.3 Å². The number of fused-ring (bicyclic) bond motifs is 4. The molecule has 110 valence electrons. The number of aromatic nitrogens is 5. The van der Waals surface area contributed by atoms with Gasteiger partial charge in [-0.15, -0.1) is 10.2 Å². The van der Waals surface area contributed by atoms with Crippen LogP contribution >= 0.6 is 0 Å². The fraction of sp³-hybridized carbons (Fsp3) is 0.267. The predicted molar refractivity (Wildman–Crippen MR) is 80.7 cm³/mol. The van der Waals surface area contributed by atoms with E-state index in [4.69, 9.17) is 4.84 Å². The maximum Gasteiger partial charge on any atom is 0.272 e. The zero-order chi connectivity index (χ0) is 15.1. The Balaban J connectivity index is 2.02. The summed E-state index contributed by atoms with van der Waals surface area (Å²) in [5.41, 5.74) is 4.16. The molecule has 2 heterocycles. The van der Waals surface area contributed by atoms with Gasteiger partial charge in [0.25, 0.3) is 5.78 Å². The Morgan fingerprint density at radius 1 is 1.09 bits per heavy atom. The molecule has 4 rings (SSSR count). The average Bonchev–Trinajstić information content (AvgIpc) is 3.09. The smallest absolute Gasteiger partial charge is 0.272 e. The maximum atomic E-state index is 5.26. The van der Waals surface area contributed by atoms with E-state index in [1.54, 1.807) is 4.52 Å². The molecule has 0 fully saturated rings. The van der Waals surface area contributed by atoms with Gasteiger partial charge in [-0.3, -0.25) is 0 Å². The van der Waals surface area contributed by atoms with Gasteiger partial charge in [-0.2, -0.15) is 9.61 Å². The van der Waals surface area contributed by atoms with Gasteiger partial charge in [-0.25, -0.2) is 4.98 Å². The quantitative estimate of drug-likeness (QED) is 0.539. The molecule has 1 aliphatic rings. The van der Waals surface area contributed by atoms with Gasteiger partial charge < -0.3 is 4.84 Å². The van der Waals surface area contributed by atoms with Crippen LogP contribution in [0.25, 0.3) is 17.0 Å². The van der Waals surface area contributed by atoms with Gasteiger partial charge in [0.05, 0.1) is 0 Å². The molecule has 0 radical (unpaired) electrons. The van der Waals surface area contributed by atoms with Crippen LogP contribution < -0.4 is 0 Å². The van der Waals surface area contributed by atoms with Crippen molar-refractivity contribution in [3.05, 3.63) is 41.3 Å². The molecule has 0 saturated heterocycles. The molecule has 2 aromatic heterocycles. The fourth-order valence-electron chi connectivity index (χ4n) is 2.59. The third-order valence-electron chi connectivity index (χ3n) is 3.59. The summed E-state index contributed by atoms with van der Waals surface area (Å²) >= 11 is 0. The zero-order valence-electron chi connectivity index (χ0n) is 12.3. The largest absolute Gasteiger partial charge is 0.396 e. The molecule has 1 aliphatic carbocycles. The molecule has 7 nitrogen and oxygen atoms in total. The van der Waals surface area contributed by atoms with Gasteiger partial charge in [0, 0.05) is 17.5 Å². The lowest BCUT2D eigenvalue weighted by Crippen LogP contribution is -2.08. The minimum Gasteiger partial charge on any atom is -0.396 e. The minimum absolute atomic E-state index is 0.503. The molecule has 0 spiro atoms. The van der Waals surface area contributed by atoms with Crippen LogP contribution in [0.2, 0.25) is 0 Å². The van der Waals surface area contributed by atoms with Crippen molar-refractivity contribution in [2.75, 3.05) is 6.61 Å². The molecule has 7 heteroatoms. The number of oxime groups is 1. The number of hydrogen-bond acceptors (Lipinski definition) is 6. The first kappa shape index (κ1) is 12.9. The summed E-state index contributed by atoms with van der Waals surface area (Å²) in [4.78, 5) is 9.88. The molecule has 0 bridgehead atoms. The Morgan fingerprint density at radius 3 is 2.68 bits per heavy atom. The zero-order valence-corrected chi connectivity index (χ0v) is 12.3. The van der Waals surface area contributed by atoms with Crippen LogP contribution in [0.15, 0.2) is 29.4 Å². The van der Waals surface area contributed by atoms with Gasteiger partial charge in [-0.05, 0) is 6.92 Å². The summed E-state index contributed by atoms with van der Waals surface area (Å²) in [6, 6.07) is 7.94. The molecule has 0 N–H and O–H groups in total. The highest BCUT2D eigenvalue weighted by Gasteiger charge is 2.30. The van der Waals surface area contributed by atoms with Crippen molar-refractivity contribution in [3.63, 3.8) is 0 Å². The van der Waals surface area contributed by atoms with E-state index >= 15 is 0 Å². The molecule has 0 amide bonds. The van der Waals surface area contributed by atoms with Crippen LogP contribution in [0.3, 0.4) is 0 Å². The lowest BCUT2D eigenvalue weighted by atomic mass is 10.1. The predicted octanol–water partition coefficient (Wildman–Crippen LogP) is 1.85. The number of rotatable bonds is 3. The number of hydrogen-bond donors (Lipinski definition) is 0. The van der Waals surface area contributed by atoms with E-state index in [2.05, 4.69) is 25.4 Å². The molecule has 0 saturated carbocycles. The molecule has 1 aromatic carbocycles. The lowest BCUT2D eigenvalue weighted by Gasteiger charge is -2.01. The lowest BCUT2D eigenvalue weighted by molar-refractivity contribution is 0.159. The van der Waals surface area contributed by atoms with E-state index in [1.807, 2.05) is 38.1 Å². The Labute approximate surface area is 126 Å². The van der Waals surface area contributed by atoms with Crippen LogP contribution in [0.4, 0.5) is 0 Å². The molecule has 0 unspecified atom stereocenters. The molecule has 3 aromatic rings. The molecule has 22 heavy (non-hydrogen) atoms. The van der Waals surface area contributed by atoms with Gasteiger partial charge in [0.15, 0.2) is 5.82 Å². The first-order valence-corrected chi connectivity index (χ1v) is 7.26. The van der Waals surface area contributed by atoms with Crippen molar-refractivity contribution < 1.29 is 4.84 Å². The molecule has 0 aliphatic heterocycles. The van der Waals surface area contributed by atoms with Gasteiger partial charge >= 0.3 is 0 Å². The molecular formula is C15H14N6O. The Morgan fingerprint density at radius 2 is 1.91 bits per heavy atom. The molecular weight excluding hydrogens is 280 g/mol. The van der Waals surface area contributed by atoms with Crippen LogP contribution in [0.1, 0.15) is 30.9 Å². The average molecular weight is 294 g/mol. The van der Waals surface area contributed by atoms with E-state index < -0.39 is 0 Å². The summed E-state index contributed by atoms with van der Waals surface area (Å²) in [5, 5.41) is 17.1. The van der Waals surface area contributed by atoms with Crippen molar-refractivity contribution >= 4 is 11.5 Å². The highest BCUT2D eigenvalue weighted by molar-refractivity contribution is 6.22. The number of aryl methyl sites for hydroxylation is 1. The number of nitrogens with zero attached hydrogens (tertiary/aromatic N) is 6. The third-order valence-corrected chi connectivity index (χ3v) is 3.59. The summed E-state index contributed by atoms with van der Waals surface area (Å²) in [5.74, 6) is 1.28. The van der Waals surface area contributed by atoms with Crippen molar-refractivity contribution in [1.29, 1.82) is 0 Å². The van der Waals surface area contributed by atoms with Gasteiger partial charge in [0.2, 0.25) is 0 Å². The summed E-state index contributed by atoms with van der Waals surface area (Å²) < 4.78 is 1.67. The topological polar surface area (TPSA) is 77.6 Å². The fourth-order valence-corrected chi connectivity index (χ4v) is 2.59. The third kappa shape index (κ3) is 1.71. The van der Waals surface area contributed by atoms with Crippen molar-refractivity contribution in [3.8, 4) is 11.3 Å². The Hall–Kier alpha value is -2.83. The van der Waals surface area contributed by atoms with Crippen LogP contribution in [-0.4, -0.2) is 37.1 Å². The van der Waals surface area contributed by atoms with Crippen LogP contribution in [0, 0.1) is 0 Å². The second kappa shape index (κ2) is 4.87. The van der Waals surface area contributed by atoms with E-state index in [-0.39, 0.29) is 0 Å². The first-order chi connectivity index (χ1) is 10.8. The molecule has 0 atom stereocenters. The van der Waals surface area contributed by atoms with E-state index in [1.165, 1.54) is 0 Å². The number of benzene rings is 1. The van der Waals surface area contributed by atoms with Crippen molar-refractivity contribution in [1.82, 2.24) is 24.8 Å². The first-order valence-electron chi connectivity index (χ1n) is 7.26. The summed E-state index contributed by atoms with van der Waals surface area (Å²) in [6.07, 6.45) is 0.736.